The molecule has 3 rings (SSSR count). The number of likely N-dealkylation sites (N-methyl/N-ethyl adjacent to an activating group) is 1. The number of rotatable bonds is 33. The number of anilines is 1. The van der Waals surface area contributed by atoms with Gasteiger partial charge in [-0.05, 0) is 63.7 Å². The van der Waals surface area contributed by atoms with Crippen LogP contribution in [0.4, 0.5) is 5.69 Å². The molecule has 1 aliphatic heterocycles. The molecule has 0 aromatic heterocycles. The largest absolute Gasteiger partial charge is 0.463 e. The quantitative estimate of drug-likeness (QED) is 0.0324. The van der Waals surface area contributed by atoms with Crippen LogP contribution in [-0.2, 0) is 63.5 Å². The Labute approximate surface area is 384 Å². The van der Waals surface area contributed by atoms with Crippen molar-refractivity contribution in [3.05, 3.63) is 103 Å². The van der Waals surface area contributed by atoms with E-state index in [2.05, 4.69) is 72.5 Å². The molecule has 2 aromatic carbocycles. The minimum atomic E-state index is -0.923. The monoisotopic (exact) mass is 907 g/mol. The first kappa shape index (κ1) is 54.1. The fourth-order valence-corrected chi connectivity index (χ4v) is 7.13. The van der Waals surface area contributed by atoms with Crippen LogP contribution in [0.5, 0.6) is 0 Å². The van der Waals surface area contributed by atoms with Gasteiger partial charge in [-0.25, -0.2) is 14.4 Å². The molecular formula is C49H69N3O13. The second kappa shape index (κ2) is 29.3. The number of piperazine rings is 1. The van der Waals surface area contributed by atoms with E-state index in [0.717, 1.165) is 55.7 Å². The van der Waals surface area contributed by atoms with Crippen LogP contribution < -0.4 is 4.90 Å². The third-order valence-electron chi connectivity index (χ3n) is 11.0. The van der Waals surface area contributed by atoms with E-state index < -0.39 is 28.9 Å². The zero-order valence-corrected chi connectivity index (χ0v) is 38.8. The maximum Gasteiger partial charge on any atom is 0.330 e. The molecule has 1 atom stereocenters. The first-order valence-electron chi connectivity index (χ1n) is 22.0. The van der Waals surface area contributed by atoms with Gasteiger partial charge in [0.15, 0.2) is 5.78 Å². The van der Waals surface area contributed by atoms with Gasteiger partial charge in [0.1, 0.15) is 26.4 Å². The fraction of sp³-hybridized carbons (Fsp3) is 0.531. The van der Waals surface area contributed by atoms with Crippen molar-refractivity contribution in [2.75, 3.05) is 131 Å². The topological polar surface area (TPSA) is 169 Å². The molecule has 1 unspecified atom stereocenters. The molecule has 0 aliphatic carbocycles. The zero-order valence-electron chi connectivity index (χ0n) is 38.8. The second-order valence-corrected chi connectivity index (χ2v) is 15.9. The molecule has 0 saturated carbocycles. The third kappa shape index (κ3) is 19.0. The van der Waals surface area contributed by atoms with Gasteiger partial charge in [-0.2, -0.15) is 0 Å². The molecule has 358 valence electrons. The minimum absolute atomic E-state index is 0.0101. The Bertz CT molecular complexity index is 1740. The lowest BCUT2D eigenvalue weighted by Crippen LogP contribution is -2.52. The van der Waals surface area contributed by atoms with Crippen molar-refractivity contribution < 1.29 is 61.9 Å². The number of aryl methyl sites for hydroxylation is 1. The Kier molecular flexibility index (Phi) is 24.4. The molecular weight excluding hydrogens is 839 g/mol. The number of nitrogens with zero attached hydrogens (tertiary/aromatic N) is 3. The number of ether oxygens (including phenoxy) is 8. The van der Waals surface area contributed by atoms with E-state index in [9.17, 15) is 24.0 Å². The summed E-state index contributed by atoms with van der Waals surface area (Å²) in [6, 6.07) is 16.3. The van der Waals surface area contributed by atoms with E-state index in [1.54, 1.807) is 0 Å². The summed E-state index contributed by atoms with van der Waals surface area (Å²) >= 11 is 0. The lowest BCUT2D eigenvalue weighted by atomic mass is 9.80. The fourth-order valence-electron chi connectivity index (χ4n) is 7.13. The summed E-state index contributed by atoms with van der Waals surface area (Å²) in [7, 11) is 3.95. The number of hydrogen-bond donors (Lipinski definition) is 0. The van der Waals surface area contributed by atoms with Crippen LogP contribution in [-0.4, -0.2) is 171 Å². The molecule has 0 N–H and O–H groups in total. The highest BCUT2D eigenvalue weighted by Gasteiger charge is 2.39. The highest BCUT2D eigenvalue weighted by molar-refractivity contribution is 6.03. The Morgan fingerprint density at radius 1 is 0.631 bits per heavy atom. The Balaban J connectivity index is 1.48. The van der Waals surface area contributed by atoms with E-state index in [1.807, 2.05) is 38.4 Å². The van der Waals surface area contributed by atoms with E-state index in [4.69, 9.17) is 37.9 Å². The predicted molar refractivity (Wildman–Crippen MR) is 246 cm³/mol. The number of ketones is 1. The molecule has 16 heteroatoms. The van der Waals surface area contributed by atoms with Crippen LogP contribution in [0.15, 0.2) is 86.5 Å². The molecule has 2 aromatic rings. The zero-order chi connectivity index (χ0) is 47.5. The number of esters is 4. The maximum atomic E-state index is 14.1. The van der Waals surface area contributed by atoms with Gasteiger partial charge in [-0.3, -0.25) is 19.4 Å². The van der Waals surface area contributed by atoms with E-state index in [-0.39, 0.29) is 97.5 Å². The average molecular weight is 908 g/mol. The number of benzene rings is 2. The van der Waals surface area contributed by atoms with Crippen LogP contribution in [0, 0.1) is 12.3 Å². The van der Waals surface area contributed by atoms with Crippen molar-refractivity contribution in [3.8, 4) is 0 Å². The van der Waals surface area contributed by atoms with E-state index >= 15 is 0 Å². The first-order valence-corrected chi connectivity index (χ1v) is 22.0. The van der Waals surface area contributed by atoms with Crippen LogP contribution in [0.2, 0.25) is 0 Å². The SMILES string of the molecule is C=CC(=O)OCCOCC(COCCOC(=O)C=C)(COCCOC(=O)C=C)COCCOC(=O)CCN1CCN(c2ccc(C(=O)C(CC)(Cc3ccc(C)cc3)N(C)C)cc2)CC1. The second-order valence-electron chi connectivity index (χ2n) is 15.9. The lowest BCUT2D eigenvalue weighted by molar-refractivity contribution is -0.149. The van der Waals surface area contributed by atoms with E-state index in [0.29, 0.717) is 24.9 Å². The first-order chi connectivity index (χ1) is 31.3. The van der Waals surface area contributed by atoms with Crippen molar-refractivity contribution in [3.63, 3.8) is 0 Å². The number of carbonyl (C=O) groups is 5. The molecule has 1 fully saturated rings. The molecule has 0 amide bonds. The summed E-state index contributed by atoms with van der Waals surface area (Å²) in [5.74, 6) is -2.00. The lowest BCUT2D eigenvalue weighted by Gasteiger charge is -2.38. The van der Waals surface area contributed by atoms with Crippen LogP contribution in [0.1, 0.15) is 41.3 Å². The Morgan fingerprint density at radius 3 is 1.49 bits per heavy atom. The molecule has 1 aliphatic rings. The molecule has 65 heavy (non-hydrogen) atoms. The van der Waals surface area contributed by atoms with Crippen molar-refractivity contribution in [1.82, 2.24) is 9.80 Å². The number of Topliss-reactive ketones (excluding diaryl/α,β-unsaturated/α-hetero) is 1. The maximum absolute atomic E-state index is 14.1. The number of hydrogen-bond acceptors (Lipinski definition) is 16. The van der Waals surface area contributed by atoms with Crippen LogP contribution in [0.3, 0.4) is 0 Å². The standard InChI is InChI=1S/C49H69N3O13/c1-8-43(53)62-30-26-58-35-48(36-59-27-31-63-44(54)9-2,37-60-28-32-64-45(55)10-3)38-61-29-33-65-46(56)20-21-51-22-24-52(25-23-51)42-18-16-41(17-19-42)47(57)49(11-4,50(6)7)34-40-14-12-39(5)13-15-40/h8-10,12-19H,1-3,11,20-38H2,4-7H3. The van der Waals surface area contributed by atoms with E-state index in [1.165, 1.54) is 5.56 Å². The summed E-state index contributed by atoms with van der Waals surface area (Å²) in [5.41, 5.74) is 2.49. The average Bonchev–Trinajstić information content (AvgIpc) is 3.32. The summed E-state index contributed by atoms with van der Waals surface area (Å²) in [4.78, 5) is 67.8. The summed E-state index contributed by atoms with van der Waals surface area (Å²) in [6.07, 6.45) is 4.68. The minimum Gasteiger partial charge on any atom is -0.463 e. The van der Waals surface area contributed by atoms with Crippen molar-refractivity contribution >= 4 is 35.3 Å². The van der Waals surface area contributed by atoms with Gasteiger partial charge in [0.2, 0.25) is 0 Å². The normalized spacial score (nSPS) is 14.0. The number of carbonyl (C=O) groups excluding carboxylic acids is 5. The van der Waals surface area contributed by atoms with Gasteiger partial charge in [0.25, 0.3) is 0 Å². The van der Waals surface area contributed by atoms with Crippen LogP contribution >= 0.6 is 0 Å². The van der Waals surface area contributed by atoms with Gasteiger partial charge in [0, 0.05) is 62.2 Å². The van der Waals surface area contributed by atoms with Crippen LogP contribution in [0.25, 0.3) is 0 Å². The molecule has 16 nitrogen and oxygen atoms in total. The Morgan fingerprint density at radius 2 is 1.08 bits per heavy atom. The van der Waals surface area contributed by atoms with Gasteiger partial charge in [-0.15, -0.1) is 0 Å². The molecule has 1 heterocycles. The molecule has 0 radical (unpaired) electrons. The molecule has 0 bridgehead atoms. The van der Waals surface area contributed by atoms with Crippen molar-refractivity contribution in [1.29, 1.82) is 0 Å². The van der Waals surface area contributed by atoms with Gasteiger partial charge < -0.3 is 42.8 Å². The van der Waals surface area contributed by atoms with Gasteiger partial charge in [-0.1, -0.05) is 56.5 Å². The Hall–Kier alpha value is -5.23. The van der Waals surface area contributed by atoms with Crippen molar-refractivity contribution in [2.45, 2.75) is 38.6 Å². The highest BCUT2D eigenvalue weighted by Crippen LogP contribution is 2.29. The van der Waals surface area contributed by atoms with Gasteiger partial charge >= 0.3 is 23.9 Å². The summed E-state index contributed by atoms with van der Waals surface area (Å²) < 4.78 is 44.0. The highest BCUT2D eigenvalue weighted by atomic mass is 16.6. The molecule has 0 spiro atoms. The summed E-state index contributed by atoms with van der Waals surface area (Å²) in [5, 5.41) is 0. The smallest absolute Gasteiger partial charge is 0.330 e. The summed E-state index contributed by atoms with van der Waals surface area (Å²) in [6.45, 7) is 18.3. The van der Waals surface area contributed by atoms with Crippen molar-refractivity contribution in [2.24, 2.45) is 5.41 Å². The van der Waals surface area contributed by atoms with Gasteiger partial charge in [0.05, 0.1) is 70.2 Å². The predicted octanol–water partition coefficient (Wildman–Crippen LogP) is 4.43. The third-order valence-corrected chi connectivity index (χ3v) is 11.0. The molecule has 1 saturated heterocycles.